The average Bonchev–Trinajstić information content (AvgIpc) is 2.39. The van der Waals surface area contributed by atoms with Crippen LogP contribution < -0.4 is 0 Å². The summed E-state index contributed by atoms with van der Waals surface area (Å²) in [5, 5.41) is 0.811. The molecule has 0 spiro atoms. The Morgan fingerprint density at radius 2 is 1.88 bits per heavy atom. The number of rotatable bonds is 3. The Morgan fingerprint density at radius 3 is 2.53 bits per heavy atom. The molecule has 1 aliphatic carbocycles. The number of halogens is 2. The fraction of sp³-hybridized carbons (Fsp3) is 0.467. The average molecular weight is 269 g/mol. The molecular formula is C15H18Cl2. The van der Waals surface area contributed by atoms with Gasteiger partial charge < -0.3 is 0 Å². The van der Waals surface area contributed by atoms with Crippen molar-refractivity contribution in [2.45, 2.75) is 32.1 Å². The van der Waals surface area contributed by atoms with Gasteiger partial charge in [-0.2, -0.15) is 0 Å². The molecule has 1 fully saturated rings. The quantitative estimate of drug-likeness (QED) is 0.632. The summed E-state index contributed by atoms with van der Waals surface area (Å²) in [5.41, 5.74) is 2.44. The normalized spacial score (nSPS) is 18.4. The minimum Gasteiger partial charge on any atom is -0.122 e. The van der Waals surface area contributed by atoms with E-state index in [1.54, 1.807) is 0 Å². The Balaban J connectivity index is 2.19. The maximum Gasteiger partial charge on any atom is 0.0478 e. The first kappa shape index (κ1) is 13.0. The zero-order valence-corrected chi connectivity index (χ0v) is 11.5. The molecule has 0 bridgehead atoms. The third-order valence-electron chi connectivity index (χ3n) is 3.53. The van der Waals surface area contributed by atoms with Crippen molar-refractivity contribution in [1.82, 2.24) is 0 Å². The van der Waals surface area contributed by atoms with Gasteiger partial charge >= 0.3 is 0 Å². The zero-order chi connectivity index (χ0) is 12.1. The van der Waals surface area contributed by atoms with Gasteiger partial charge in [0.15, 0.2) is 0 Å². The van der Waals surface area contributed by atoms with E-state index < -0.39 is 0 Å². The lowest BCUT2D eigenvalue weighted by Crippen LogP contribution is -2.10. The van der Waals surface area contributed by atoms with Crippen molar-refractivity contribution in [1.29, 1.82) is 0 Å². The highest BCUT2D eigenvalue weighted by Gasteiger charge is 2.17. The van der Waals surface area contributed by atoms with Crippen LogP contribution in [0.3, 0.4) is 0 Å². The molecule has 1 aliphatic rings. The monoisotopic (exact) mass is 268 g/mol. The Hall–Kier alpha value is -0.460. The minimum atomic E-state index is 0.621. The lowest BCUT2D eigenvalue weighted by molar-refractivity contribution is 0.405. The molecule has 2 heteroatoms. The largest absolute Gasteiger partial charge is 0.122 e. The highest BCUT2D eigenvalue weighted by molar-refractivity contribution is 6.32. The van der Waals surface area contributed by atoms with Crippen molar-refractivity contribution in [3.8, 4) is 0 Å². The van der Waals surface area contributed by atoms with Gasteiger partial charge in [0.05, 0.1) is 0 Å². The van der Waals surface area contributed by atoms with Gasteiger partial charge in [-0.1, -0.05) is 60.7 Å². The van der Waals surface area contributed by atoms with Crippen molar-refractivity contribution < 1.29 is 0 Å². The second-order valence-corrected chi connectivity index (χ2v) is 5.38. The summed E-state index contributed by atoms with van der Waals surface area (Å²) < 4.78 is 0. The summed E-state index contributed by atoms with van der Waals surface area (Å²) in [5.74, 6) is 1.29. The van der Waals surface area contributed by atoms with Crippen LogP contribution in [0, 0.1) is 5.92 Å². The Morgan fingerprint density at radius 1 is 1.18 bits per heavy atom. The molecule has 1 aromatic rings. The van der Waals surface area contributed by atoms with Gasteiger partial charge in [0, 0.05) is 10.9 Å². The van der Waals surface area contributed by atoms with Crippen LogP contribution in [0.1, 0.15) is 37.7 Å². The van der Waals surface area contributed by atoms with E-state index in [2.05, 4.69) is 12.1 Å². The molecule has 92 valence electrons. The van der Waals surface area contributed by atoms with Crippen LogP contribution in [0.25, 0.3) is 6.08 Å². The number of benzene rings is 1. The molecule has 0 nitrogen and oxygen atoms in total. The molecular weight excluding hydrogens is 251 g/mol. The van der Waals surface area contributed by atoms with Crippen LogP contribution in [0.4, 0.5) is 0 Å². The molecule has 0 unspecified atom stereocenters. The molecule has 0 N–H and O–H groups in total. The van der Waals surface area contributed by atoms with Crippen LogP contribution >= 0.6 is 23.2 Å². The second-order valence-electron chi connectivity index (χ2n) is 4.71. The van der Waals surface area contributed by atoms with Crippen LogP contribution in [0.5, 0.6) is 0 Å². The van der Waals surface area contributed by atoms with Gasteiger partial charge in [-0.25, -0.2) is 0 Å². The Kier molecular flexibility index (Phi) is 4.94. The van der Waals surface area contributed by atoms with Crippen molar-refractivity contribution >= 4 is 29.3 Å². The molecule has 0 aromatic heterocycles. The smallest absolute Gasteiger partial charge is 0.0478 e. The third-order valence-corrected chi connectivity index (χ3v) is 4.18. The summed E-state index contributed by atoms with van der Waals surface area (Å²) in [4.78, 5) is 0. The maximum atomic E-state index is 6.18. The first-order valence-electron chi connectivity index (χ1n) is 6.32. The summed E-state index contributed by atoms with van der Waals surface area (Å²) in [6.07, 6.45) is 8.79. The topological polar surface area (TPSA) is 0 Å². The predicted molar refractivity (Wildman–Crippen MR) is 76.7 cm³/mol. The van der Waals surface area contributed by atoms with E-state index in [9.17, 15) is 0 Å². The summed E-state index contributed by atoms with van der Waals surface area (Å²) in [6, 6.07) is 7.96. The van der Waals surface area contributed by atoms with Gasteiger partial charge in [-0.05, 0) is 30.4 Å². The van der Waals surface area contributed by atoms with E-state index in [4.69, 9.17) is 23.2 Å². The van der Waals surface area contributed by atoms with Crippen molar-refractivity contribution in [2.75, 3.05) is 5.88 Å². The first-order chi connectivity index (χ1) is 8.31. The minimum absolute atomic E-state index is 0.621. The predicted octanol–water partition coefficient (Wildman–Crippen LogP) is 5.54. The highest BCUT2D eigenvalue weighted by atomic mass is 35.5. The van der Waals surface area contributed by atoms with Crippen molar-refractivity contribution in [2.24, 2.45) is 5.92 Å². The second kappa shape index (κ2) is 6.47. The van der Waals surface area contributed by atoms with Gasteiger partial charge in [-0.3, -0.25) is 0 Å². The van der Waals surface area contributed by atoms with Crippen LogP contribution in [-0.4, -0.2) is 5.88 Å². The highest BCUT2D eigenvalue weighted by Crippen LogP contribution is 2.32. The molecule has 2 rings (SSSR count). The van der Waals surface area contributed by atoms with E-state index in [0.717, 1.165) is 10.6 Å². The van der Waals surface area contributed by atoms with Crippen molar-refractivity contribution in [3.05, 3.63) is 40.4 Å². The van der Waals surface area contributed by atoms with Gasteiger partial charge in [-0.15, -0.1) is 11.6 Å². The Labute approximate surface area is 114 Å². The molecule has 0 atom stereocenters. The molecule has 0 saturated heterocycles. The number of alkyl halides is 1. The number of allylic oxidation sites excluding steroid dienone is 1. The summed E-state index contributed by atoms with van der Waals surface area (Å²) in [7, 11) is 0. The molecule has 0 aliphatic heterocycles. The number of hydrogen-bond acceptors (Lipinski definition) is 0. The molecule has 0 heterocycles. The van der Waals surface area contributed by atoms with Crippen LogP contribution in [0.15, 0.2) is 29.8 Å². The zero-order valence-electron chi connectivity index (χ0n) is 9.96. The van der Waals surface area contributed by atoms with E-state index in [-0.39, 0.29) is 0 Å². The molecule has 1 saturated carbocycles. The van der Waals surface area contributed by atoms with E-state index >= 15 is 0 Å². The summed E-state index contributed by atoms with van der Waals surface area (Å²) in [6.45, 7) is 0. The van der Waals surface area contributed by atoms with Crippen LogP contribution in [0.2, 0.25) is 5.02 Å². The maximum absolute atomic E-state index is 6.18. The molecule has 0 amide bonds. The SMILES string of the molecule is ClCC(=Cc1ccccc1Cl)C1CCCCC1. The van der Waals surface area contributed by atoms with E-state index in [0.29, 0.717) is 11.8 Å². The van der Waals surface area contributed by atoms with Gasteiger partial charge in [0.2, 0.25) is 0 Å². The third kappa shape index (κ3) is 3.50. The first-order valence-corrected chi connectivity index (χ1v) is 7.23. The van der Waals surface area contributed by atoms with Crippen LogP contribution in [-0.2, 0) is 0 Å². The molecule has 1 aromatic carbocycles. The van der Waals surface area contributed by atoms with E-state index in [1.807, 2.05) is 18.2 Å². The van der Waals surface area contributed by atoms with Crippen molar-refractivity contribution in [3.63, 3.8) is 0 Å². The summed E-state index contributed by atoms with van der Waals surface area (Å²) >= 11 is 12.3. The van der Waals surface area contributed by atoms with E-state index in [1.165, 1.54) is 37.7 Å². The lowest BCUT2D eigenvalue weighted by Gasteiger charge is -2.23. The standard InChI is InChI=1S/C15H18Cl2/c16-11-14(12-6-2-1-3-7-12)10-13-8-4-5-9-15(13)17/h4-5,8-10,12H,1-3,6-7,11H2. The molecule has 17 heavy (non-hydrogen) atoms. The fourth-order valence-corrected chi connectivity index (χ4v) is 3.02. The molecule has 0 radical (unpaired) electrons. The number of hydrogen-bond donors (Lipinski definition) is 0. The fourth-order valence-electron chi connectivity index (χ4n) is 2.53. The van der Waals surface area contributed by atoms with Gasteiger partial charge in [0.1, 0.15) is 0 Å². The Bertz CT molecular complexity index is 390. The lowest BCUT2D eigenvalue weighted by atomic mass is 9.84. The van der Waals surface area contributed by atoms with Gasteiger partial charge in [0.25, 0.3) is 0 Å².